The number of aliphatic hydroxyl groups excluding tert-OH is 1. The van der Waals surface area contributed by atoms with Gasteiger partial charge in [0.2, 0.25) is 0 Å². The predicted molar refractivity (Wildman–Crippen MR) is 77.6 cm³/mol. The third kappa shape index (κ3) is 4.16. The molecule has 2 rings (SSSR count). The molecule has 1 aromatic carbocycles. The van der Waals surface area contributed by atoms with Crippen LogP contribution < -0.4 is 5.32 Å². The SMILES string of the molecule is Cc1ccc(C#CCO)cc1C(=O)NCCc1ncn[nH]1. The molecule has 0 atom stereocenters. The second kappa shape index (κ2) is 7.22. The smallest absolute Gasteiger partial charge is 0.251 e. The molecule has 6 heteroatoms. The van der Waals surface area contributed by atoms with Gasteiger partial charge in [-0.1, -0.05) is 17.9 Å². The van der Waals surface area contributed by atoms with Crippen molar-refractivity contribution in [3.05, 3.63) is 47.0 Å². The van der Waals surface area contributed by atoms with E-state index >= 15 is 0 Å². The molecule has 0 aliphatic carbocycles. The summed E-state index contributed by atoms with van der Waals surface area (Å²) in [5.74, 6) is 5.94. The Labute approximate surface area is 122 Å². The third-order valence-electron chi connectivity index (χ3n) is 2.91. The van der Waals surface area contributed by atoms with Gasteiger partial charge in [0.15, 0.2) is 0 Å². The largest absolute Gasteiger partial charge is 0.384 e. The quantitative estimate of drug-likeness (QED) is 0.710. The van der Waals surface area contributed by atoms with Crippen molar-refractivity contribution in [1.82, 2.24) is 20.5 Å². The van der Waals surface area contributed by atoms with E-state index in [1.165, 1.54) is 6.33 Å². The summed E-state index contributed by atoms with van der Waals surface area (Å²) in [7, 11) is 0. The Hall–Kier alpha value is -2.65. The predicted octanol–water partition coefficient (Wildman–Crippen LogP) is 0.429. The number of nitrogens with zero attached hydrogens (tertiary/aromatic N) is 2. The summed E-state index contributed by atoms with van der Waals surface area (Å²) in [5, 5.41) is 18.0. The zero-order chi connectivity index (χ0) is 15.1. The Bertz CT molecular complexity index is 669. The number of aromatic nitrogens is 3. The first kappa shape index (κ1) is 14.8. The van der Waals surface area contributed by atoms with Crippen molar-refractivity contribution in [1.29, 1.82) is 0 Å². The van der Waals surface area contributed by atoms with Gasteiger partial charge >= 0.3 is 0 Å². The lowest BCUT2D eigenvalue weighted by atomic mass is 10.0. The molecule has 0 spiro atoms. The number of aromatic amines is 1. The monoisotopic (exact) mass is 284 g/mol. The van der Waals surface area contributed by atoms with Crippen molar-refractivity contribution in [2.45, 2.75) is 13.3 Å². The Morgan fingerprint density at radius 1 is 1.48 bits per heavy atom. The van der Waals surface area contributed by atoms with Crippen molar-refractivity contribution in [3.63, 3.8) is 0 Å². The first-order chi connectivity index (χ1) is 10.2. The first-order valence-corrected chi connectivity index (χ1v) is 6.53. The highest BCUT2D eigenvalue weighted by molar-refractivity contribution is 5.96. The topological polar surface area (TPSA) is 90.9 Å². The van der Waals surface area contributed by atoms with Crippen LogP contribution in [-0.2, 0) is 6.42 Å². The fourth-order valence-corrected chi connectivity index (χ4v) is 1.83. The Balaban J connectivity index is 2.00. The maximum atomic E-state index is 12.2. The van der Waals surface area contributed by atoms with E-state index in [9.17, 15) is 4.79 Å². The lowest BCUT2D eigenvalue weighted by Crippen LogP contribution is -2.26. The van der Waals surface area contributed by atoms with E-state index in [-0.39, 0.29) is 12.5 Å². The summed E-state index contributed by atoms with van der Waals surface area (Å²) >= 11 is 0. The molecule has 108 valence electrons. The molecule has 0 bridgehead atoms. The van der Waals surface area contributed by atoms with E-state index in [1.807, 2.05) is 19.1 Å². The fourth-order valence-electron chi connectivity index (χ4n) is 1.83. The maximum absolute atomic E-state index is 12.2. The van der Waals surface area contributed by atoms with Crippen LogP contribution in [0.2, 0.25) is 0 Å². The molecule has 21 heavy (non-hydrogen) atoms. The lowest BCUT2D eigenvalue weighted by Gasteiger charge is -2.07. The molecule has 3 N–H and O–H groups in total. The number of carbonyl (C=O) groups is 1. The lowest BCUT2D eigenvalue weighted by molar-refractivity contribution is 0.0953. The van der Waals surface area contributed by atoms with Gasteiger partial charge in [0, 0.05) is 24.1 Å². The molecule has 1 heterocycles. The van der Waals surface area contributed by atoms with E-state index in [0.29, 0.717) is 24.1 Å². The zero-order valence-corrected chi connectivity index (χ0v) is 11.7. The van der Waals surface area contributed by atoms with Crippen molar-refractivity contribution >= 4 is 5.91 Å². The highest BCUT2D eigenvalue weighted by atomic mass is 16.2. The van der Waals surface area contributed by atoms with E-state index in [1.54, 1.807) is 6.07 Å². The van der Waals surface area contributed by atoms with Crippen LogP contribution in [0.15, 0.2) is 24.5 Å². The molecular formula is C15H16N4O2. The molecule has 0 fully saturated rings. The molecule has 0 aliphatic rings. The normalized spacial score (nSPS) is 9.81. The minimum Gasteiger partial charge on any atom is -0.384 e. The zero-order valence-electron chi connectivity index (χ0n) is 11.7. The van der Waals surface area contributed by atoms with E-state index in [0.717, 1.165) is 11.4 Å². The molecule has 0 unspecified atom stereocenters. The minimum atomic E-state index is -0.202. The number of hydrogen-bond donors (Lipinski definition) is 3. The summed E-state index contributed by atoms with van der Waals surface area (Å²) < 4.78 is 0. The second-order valence-corrected chi connectivity index (χ2v) is 4.43. The minimum absolute atomic E-state index is 0.153. The van der Waals surface area contributed by atoms with Gasteiger partial charge in [-0.05, 0) is 24.6 Å². The van der Waals surface area contributed by atoms with Crippen LogP contribution in [0.4, 0.5) is 0 Å². The highest BCUT2D eigenvalue weighted by Crippen LogP contribution is 2.10. The molecule has 2 aromatic rings. The third-order valence-corrected chi connectivity index (χ3v) is 2.91. The van der Waals surface area contributed by atoms with Gasteiger partial charge in [-0.25, -0.2) is 4.98 Å². The van der Waals surface area contributed by atoms with Gasteiger partial charge in [0.1, 0.15) is 18.8 Å². The van der Waals surface area contributed by atoms with Crippen LogP contribution >= 0.6 is 0 Å². The van der Waals surface area contributed by atoms with E-state index in [4.69, 9.17) is 5.11 Å². The van der Waals surface area contributed by atoms with Gasteiger partial charge in [0.05, 0.1) is 0 Å². The number of hydrogen-bond acceptors (Lipinski definition) is 4. The van der Waals surface area contributed by atoms with Gasteiger partial charge < -0.3 is 10.4 Å². The van der Waals surface area contributed by atoms with Crippen LogP contribution in [0, 0.1) is 18.8 Å². The average Bonchev–Trinajstić information content (AvgIpc) is 2.99. The number of carbonyl (C=O) groups excluding carboxylic acids is 1. The Morgan fingerprint density at radius 2 is 2.33 bits per heavy atom. The molecular weight excluding hydrogens is 268 g/mol. The van der Waals surface area contributed by atoms with Crippen molar-refractivity contribution in [2.24, 2.45) is 0 Å². The maximum Gasteiger partial charge on any atom is 0.251 e. The fraction of sp³-hybridized carbons (Fsp3) is 0.267. The van der Waals surface area contributed by atoms with Crippen LogP contribution in [0.1, 0.15) is 27.3 Å². The number of rotatable bonds is 4. The van der Waals surface area contributed by atoms with Gasteiger partial charge in [0.25, 0.3) is 5.91 Å². The number of nitrogens with one attached hydrogen (secondary N) is 2. The van der Waals surface area contributed by atoms with Gasteiger partial charge in [-0.2, -0.15) is 5.10 Å². The summed E-state index contributed by atoms with van der Waals surface area (Å²) in [6, 6.07) is 5.39. The standard InChI is InChI=1S/C15H16N4O2/c1-11-4-5-12(3-2-8-20)9-13(11)15(21)16-7-6-14-17-10-18-19-14/h4-5,9-10,20H,6-8H2,1H3,(H,16,21)(H,17,18,19). The molecule has 0 saturated carbocycles. The molecule has 0 aliphatic heterocycles. The summed E-state index contributed by atoms with van der Waals surface area (Å²) in [4.78, 5) is 16.2. The summed E-state index contributed by atoms with van der Waals surface area (Å²) in [6.45, 7) is 2.14. The number of benzene rings is 1. The number of aliphatic hydroxyl groups is 1. The average molecular weight is 284 g/mol. The first-order valence-electron chi connectivity index (χ1n) is 6.53. The Morgan fingerprint density at radius 3 is 3.05 bits per heavy atom. The van der Waals surface area contributed by atoms with Crippen LogP contribution in [0.25, 0.3) is 0 Å². The van der Waals surface area contributed by atoms with Crippen molar-refractivity contribution in [3.8, 4) is 11.8 Å². The summed E-state index contributed by atoms with van der Waals surface area (Å²) in [5.41, 5.74) is 2.16. The van der Waals surface area contributed by atoms with Crippen molar-refractivity contribution in [2.75, 3.05) is 13.2 Å². The van der Waals surface area contributed by atoms with E-state index in [2.05, 4.69) is 32.3 Å². The van der Waals surface area contributed by atoms with Crippen LogP contribution in [0.3, 0.4) is 0 Å². The number of amides is 1. The molecule has 0 saturated heterocycles. The Kier molecular flexibility index (Phi) is 5.07. The molecule has 6 nitrogen and oxygen atoms in total. The van der Waals surface area contributed by atoms with Gasteiger partial charge in [-0.15, -0.1) is 0 Å². The molecule has 1 aromatic heterocycles. The van der Waals surface area contributed by atoms with Crippen LogP contribution in [0.5, 0.6) is 0 Å². The van der Waals surface area contributed by atoms with Crippen LogP contribution in [-0.4, -0.2) is 39.3 Å². The van der Waals surface area contributed by atoms with E-state index < -0.39 is 0 Å². The van der Waals surface area contributed by atoms with Gasteiger partial charge in [-0.3, -0.25) is 9.89 Å². The van der Waals surface area contributed by atoms with Crippen molar-refractivity contribution < 1.29 is 9.90 Å². The second-order valence-electron chi connectivity index (χ2n) is 4.43. The molecule has 1 amide bonds. The molecule has 0 radical (unpaired) electrons. The highest BCUT2D eigenvalue weighted by Gasteiger charge is 2.09. The summed E-state index contributed by atoms with van der Waals surface area (Å²) in [6.07, 6.45) is 2.03. The number of H-pyrrole nitrogens is 1. The number of aryl methyl sites for hydroxylation is 1.